The molecule has 302 valence electrons. The zero-order valence-electron chi connectivity index (χ0n) is 35.2. The molecule has 0 unspecified atom stereocenters. The van der Waals surface area contributed by atoms with E-state index in [0.29, 0.717) is 0 Å². The minimum atomic E-state index is 0.878. The zero-order valence-corrected chi connectivity index (χ0v) is 35.2. The Labute approximate surface area is 374 Å². The topological polar surface area (TPSA) is 16.4 Å². The number of nitrogens with zero attached hydrogens (tertiary/aromatic N) is 1. The Morgan fingerprint density at radius 2 is 0.594 bits per heavy atom. The highest BCUT2D eigenvalue weighted by atomic mass is 16.3. The minimum Gasteiger partial charge on any atom is -0.456 e. The number of furan rings is 1. The SMILES string of the molecule is c1ccc(-c2ccc(N(c3ccc(-c4ccc(-c5cccc(-c6cc7ccccc7o6)c5)cc4)cc3)c3ccc(-c4ccccc4-c4ccccc4-c4ccccc4)cc3)cc2)cc1. The van der Waals surface area contributed by atoms with Crippen molar-refractivity contribution in [2.75, 3.05) is 4.90 Å². The minimum absolute atomic E-state index is 0.878. The van der Waals surface area contributed by atoms with Crippen molar-refractivity contribution in [1.29, 1.82) is 0 Å². The molecule has 1 heterocycles. The van der Waals surface area contributed by atoms with Gasteiger partial charge in [0.2, 0.25) is 0 Å². The fourth-order valence-electron chi connectivity index (χ4n) is 8.86. The van der Waals surface area contributed by atoms with Gasteiger partial charge in [-0.2, -0.15) is 0 Å². The van der Waals surface area contributed by atoms with Crippen LogP contribution < -0.4 is 4.90 Å². The maximum atomic E-state index is 6.18. The van der Waals surface area contributed by atoms with E-state index in [4.69, 9.17) is 4.42 Å². The summed E-state index contributed by atoms with van der Waals surface area (Å²) >= 11 is 0. The molecule has 0 bridgehead atoms. The molecular formula is C62H43NO. The molecule has 11 rings (SSSR count). The van der Waals surface area contributed by atoms with Crippen LogP contribution in [0.2, 0.25) is 0 Å². The average molecular weight is 818 g/mol. The first-order valence-corrected chi connectivity index (χ1v) is 21.8. The van der Waals surface area contributed by atoms with Gasteiger partial charge in [-0.05, 0) is 121 Å². The summed E-state index contributed by atoms with van der Waals surface area (Å²) in [6, 6.07) is 93.2. The van der Waals surface area contributed by atoms with Crippen LogP contribution in [0.5, 0.6) is 0 Å². The van der Waals surface area contributed by atoms with E-state index >= 15 is 0 Å². The molecule has 0 atom stereocenters. The second-order valence-electron chi connectivity index (χ2n) is 16.1. The predicted octanol–water partition coefficient (Wildman–Crippen LogP) is 17.6. The number of rotatable bonds is 10. The summed E-state index contributed by atoms with van der Waals surface area (Å²) in [5, 5.41) is 1.11. The van der Waals surface area contributed by atoms with Gasteiger partial charge in [0.1, 0.15) is 11.3 Å². The van der Waals surface area contributed by atoms with E-state index in [1.54, 1.807) is 0 Å². The number of benzene rings is 10. The monoisotopic (exact) mass is 817 g/mol. The molecule has 0 amide bonds. The summed E-state index contributed by atoms with van der Waals surface area (Å²) in [7, 11) is 0. The number of hydrogen-bond donors (Lipinski definition) is 0. The van der Waals surface area contributed by atoms with Gasteiger partial charge in [0.15, 0.2) is 0 Å². The van der Waals surface area contributed by atoms with Gasteiger partial charge in [0.05, 0.1) is 0 Å². The molecule has 11 aromatic rings. The fourth-order valence-corrected chi connectivity index (χ4v) is 8.86. The van der Waals surface area contributed by atoms with E-state index in [0.717, 1.165) is 56.0 Å². The summed E-state index contributed by atoms with van der Waals surface area (Å²) in [4.78, 5) is 2.34. The molecule has 0 N–H and O–H groups in total. The first-order chi connectivity index (χ1) is 31.7. The fraction of sp³-hybridized carbons (Fsp3) is 0. The summed E-state index contributed by atoms with van der Waals surface area (Å²) in [5.41, 5.74) is 19.5. The highest BCUT2D eigenvalue weighted by Crippen LogP contribution is 2.41. The number of hydrogen-bond acceptors (Lipinski definition) is 2. The molecule has 2 nitrogen and oxygen atoms in total. The molecule has 1 aromatic heterocycles. The summed E-state index contributed by atoms with van der Waals surface area (Å²) in [6.07, 6.45) is 0. The molecule has 0 saturated carbocycles. The van der Waals surface area contributed by atoms with E-state index in [2.05, 4.69) is 248 Å². The van der Waals surface area contributed by atoms with Crippen LogP contribution in [0, 0.1) is 0 Å². The highest BCUT2D eigenvalue weighted by molar-refractivity contribution is 5.92. The number of para-hydroxylation sites is 1. The van der Waals surface area contributed by atoms with Gasteiger partial charge < -0.3 is 9.32 Å². The maximum absolute atomic E-state index is 6.18. The lowest BCUT2D eigenvalue weighted by Gasteiger charge is -2.26. The molecule has 10 aromatic carbocycles. The molecule has 0 saturated heterocycles. The van der Waals surface area contributed by atoms with E-state index in [1.807, 2.05) is 18.2 Å². The zero-order chi connectivity index (χ0) is 42.7. The van der Waals surface area contributed by atoms with Crippen LogP contribution in [0.3, 0.4) is 0 Å². The first kappa shape index (κ1) is 38.5. The van der Waals surface area contributed by atoms with Crippen LogP contribution in [-0.4, -0.2) is 0 Å². The van der Waals surface area contributed by atoms with Gasteiger partial charge in [-0.25, -0.2) is 0 Å². The van der Waals surface area contributed by atoms with Gasteiger partial charge in [0.25, 0.3) is 0 Å². The smallest absolute Gasteiger partial charge is 0.135 e. The lowest BCUT2D eigenvalue weighted by Crippen LogP contribution is -2.09. The van der Waals surface area contributed by atoms with Gasteiger partial charge in [-0.1, -0.05) is 206 Å². The normalized spacial score (nSPS) is 11.1. The standard InChI is InChI=1S/C62H43NO/c1-3-14-44(15-4-1)46-30-36-54(37-31-46)63(56-40-34-50(35-41-56)58-22-9-11-24-60(58)59-23-10-8-21-57(59)49-16-5-2-6-17-49)55-38-32-47(33-39-55)45-26-28-48(29-27-45)51-19-13-20-52(42-51)62-43-53-18-7-12-25-61(53)64-62/h1-43H. The molecule has 0 fully saturated rings. The Morgan fingerprint density at radius 1 is 0.234 bits per heavy atom. The van der Waals surface area contributed by atoms with Gasteiger partial charge in [0, 0.05) is 28.0 Å². The van der Waals surface area contributed by atoms with Crippen LogP contribution in [0.4, 0.5) is 17.1 Å². The molecule has 0 spiro atoms. The van der Waals surface area contributed by atoms with Crippen molar-refractivity contribution in [1.82, 2.24) is 0 Å². The molecule has 0 radical (unpaired) electrons. The van der Waals surface area contributed by atoms with Crippen LogP contribution >= 0.6 is 0 Å². The maximum Gasteiger partial charge on any atom is 0.135 e. The Bertz CT molecular complexity index is 3300. The van der Waals surface area contributed by atoms with Crippen LogP contribution in [-0.2, 0) is 0 Å². The van der Waals surface area contributed by atoms with Gasteiger partial charge >= 0.3 is 0 Å². The lowest BCUT2D eigenvalue weighted by molar-refractivity contribution is 0.631. The summed E-state index contributed by atoms with van der Waals surface area (Å²) in [6.45, 7) is 0. The van der Waals surface area contributed by atoms with E-state index < -0.39 is 0 Å². The summed E-state index contributed by atoms with van der Waals surface area (Å²) < 4.78 is 6.18. The second-order valence-corrected chi connectivity index (χ2v) is 16.1. The first-order valence-electron chi connectivity index (χ1n) is 21.8. The van der Waals surface area contributed by atoms with Crippen molar-refractivity contribution in [2.45, 2.75) is 0 Å². The van der Waals surface area contributed by atoms with Crippen LogP contribution in [0.25, 0.3) is 89.1 Å². The molecular weight excluding hydrogens is 775 g/mol. The average Bonchev–Trinajstić information content (AvgIpc) is 3.83. The van der Waals surface area contributed by atoms with Crippen molar-refractivity contribution in [3.63, 3.8) is 0 Å². The largest absolute Gasteiger partial charge is 0.456 e. The molecule has 0 aliphatic rings. The summed E-state index contributed by atoms with van der Waals surface area (Å²) in [5.74, 6) is 0.878. The van der Waals surface area contributed by atoms with Crippen LogP contribution in [0.15, 0.2) is 265 Å². The van der Waals surface area contributed by atoms with Gasteiger partial charge in [-0.3, -0.25) is 0 Å². The quantitative estimate of drug-likeness (QED) is 0.137. The number of anilines is 3. The second kappa shape index (κ2) is 17.1. The van der Waals surface area contributed by atoms with E-state index in [1.165, 1.54) is 50.1 Å². The lowest BCUT2D eigenvalue weighted by atomic mass is 9.89. The Kier molecular flexibility index (Phi) is 10.3. The van der Waals surface area contributed by atoms with E-state index in [9.17, 15) is 0 Å². The van der Waals surface area contributed by atoms with Crippen molar-refractivity contribution in [2.24, 2.45) is 0 Å². The number of fused-ring (bicyclic) bond motifs is 1. The Morgan fingerprint density at radius 3 is 1.12 bits per heavy atom. The molecule has 2 heteroatoms. The van der Waals surface area contributed by atoms with Crippen LogP contribution in [0.1, 0.15) is 0 Å². The van der Waals surface area contributed by atoms with E-state index in [-0.39, 0.29) is 0 Å². The molecule has 0 aliphatic carbocycles. The van der Waals surface area contributed by atoms with Crippen molar-refractivity contribution < 1.29 is 4.42 Å². The Balaban J connectivity index is 0.904. The predicted molar refractivity (Wildman–Crippen MR) is 269 cm³/mol. The van der Waals surface area contributed by atoms with Crippen molar-refractivity contribution >= 4 is 28.0 Å². The molecule has 64 heavy (non-hydrogen) atoms. The Hall–Kier alpha value is -8.46. The third-order valence-corrected chi connectivity index (χ3v) is 12.1. The van der Waals surface area contributed by atoms with Crippen molar-refractivity contribution in [3.8, 4) is 78.1 Å². The van der Waals surface area contributed by atoms with Crippen molar-refractivity contribution in [3.05, 3.63) is 261 Å². The third kappa shape index (κ3) is 7.70. The highest BCUT2D eigenvalue weighted by Gasteiger charge is 2.16. The van der Waals surface area contributed by atoms with Gasteiger partial charge in [-0.15, -0.1) is 0 Å². The third-order valence-electron chi connectivity index (χ3n) is 12.1. The molecule has 0 aliphatic heterocycles.